The van der Waals surface area contributed by atoms with Crippen LogP contribution in [0.5, 0.6) is 0 Å². The van der Waals surface area contributed by atoms with Gasteiger partial charge in [0.2, 0.25) is 0 Å². The molecule has 0 aliphatic heterocycles. The molecule has 0 saturated heterocycles. The zero-order valence-corrected chi connectivity index (χ0v) is 26.9. The Hall–Kier alpha value is -5.89. The first kappa shape index (κ1) is 28.3. The fourth-order valence-electron chi connectivity index (χ4n) is 7.14. The number of hydrogen-bond donors (Lipinski definition) is 0. The highest BCUT2D eigenvalue weighted by atomic mass is 31.2. The largest absolute Gasteiger partial charge is 0.309 e. The molecule has 2 aromatic heterocycles. The minimum atomic E-state index is -3.18. The number of aromatic nitrogens is 2. The topological polar surface area (TPSA) is 42.9 Å². The van der Waals surface area contributed by atoms with Crippen LogP contribution in [0.2, 0.25) is 0 Å². The van der Waals surface area contributed by atoms with Gasteiger partial charge in [-0.05, 0) is 39.2 Å². The third-order valence-electron chi connectivity index (χ3n) is 9.38. The Kier molecular flexibility index (Phi) is 6.74. The Morgan fingerprint density at radius 1 is 0.396 bits per heavy atom. The van der Waals surface area contributed by atoms with Gasteiger partial charge in [-0.2, -0.15) is 0 Å². The number of nitrogens with zero attached hydrogens (tertiary/aromatic N) is 2. The first-order valence-corrected chi connectivity index (χ1v) is 17.8. The summed E-state index contributed by atoms with van der Waals surface area (Å²) in [6.45, 7) is 0. The zero-order chi connectivity index (χ0) is 32.1. The second-order valence-electron chi connectivity index (χ2n) is 12.1. The molecule has 0 unspecified atom stereocenters. The molecule has 9 aromatic rings. The molecule has 0 N–H and O–H groups in total. The molecule has 0 fully saturated rings. The van der Waals surface area contributed by atoms with Gasteiger partial charge in [0.05, 0.1) is 11.2 Å². The molecule has 2 heterocycles. The number of fused-ring (bicyclic) bond motifs is 8. The van der Waals surface area contributed by atoms with Crippen molar-refractivity contribution in [2.75, 3.05) is 0 Å². The molecule has 0 amide bonds. The molecule has 0 aliphatic rings. The molecule has 0 saturated carbocycles. The van der Waals surface area contributed by atoms with E-state index in [1.165, 1.54) is 26.9 Å². The summed E-state index contributed by atoms with van der Waals surface area (Å²) in [7, 11) is -3.18. The van der Waals surface area contributed by atoms with E-state index in [-0.39, 0.29) is 0 Å². The van der Waals surface area contributed by atoms with Crippen molar-refractivity contribution < 1.29 is 4.57 Å². The lowest BCUT2D eigenvalue weighted by Crippen LogP contribution is -2.25. The van der Waals surface area contributed by atoms with E-state index in [1.807, 2.05) is 79.0 Å². The Morgan fingerprint density at radius 2 is 0.938 bits per heavy atom. The molecular weight excluding hydrogens is 603 g/mol. The van der Waals surface area contributed by atoms with Gasteiger partial charge in [0.25, 0.3) is 0 Å². The van der Waals surface area contributed by atoms with Crippen molar-refractivity contribution in [3.8, 4) is 22.4 Å². The van der Waals surface area contributed by atoms with Gasteiger partial charge in [0.15, 0.2) is 7.14 Å². The molecule has 0 aliphatic carbocycles. The lowest BCUT2D eigenvalue weighted by molar-refractivity contribution is 0.592. The summed E-state index contributed by atoms with van der Waals surface area (Å²) in [6.07, 6.45) is 3.61. The van der Waals surface area contributed by atoms with Crippen molar-refractivity contribution in [1.82, 2.24) is 9.97 Å². The fourth-order valence-corrected chi connectivity index (χ4v) is 9.77. The van der Waals surface area contributed by atoms with Gasteiger partial charge in [-0.25, -0.2) is 4.98 Å². The molecule has 0 bridgehead atoms. The van der Waals surface area contributed by atoms with Crippen LogP contribution in [-0.4, -0.2) is 9.97 Å². The van der Waals surface area contributed by atoms with Crippen LogP contribution in [-0.2, 0) is 4.57 Å². The summed E-state index contributed by atoms with van der Waals surface area (Å²) in [4.78, 5) is 10.1. The van der Waals surface area contributed by atoms with Crippen molar-refractivity contribution in [3.05, 3.63) is 176 Å². The Bertz CT molecular complexity index is 2650. The summed E-state index contributed by atoms with van der Waals surface area (Å²) in [5, 5.41) is 10.6. The van der Waals surface area contributed by atoms with Gasteiger partial charge in [-0.15, -0.1) is 0 Å². The first-order valence-electron chi connectivity index (χ1n) is 16.1. The van der Waals surface area contributed by atoms with Crippen LogP contribution in [0, 0.1) is 0 Å². The first-order chi connectivity index (χ1) is 23.7. The highest BCUT2D eigenvalue weighted by Gasteiger charge is 2.30. The van der Waals surface area contributed by atoms with Gasteiger partial charge < -0.3 is 4.57 Å². The SMILES string of the molecule is O=P(c1ccccc1)(c1ccccc1)c1cncc(-c2ccc3c(c2)nc(-c2ccccc2)c2c4ccccc4c4ccccc4c32)c1. The predicted molar refractivity (Wildman–Crippen MR) is 202 cm³/mol. The Labute approximate surface area is 278 Å². The number of hydrogen-bond acceptors (Lipinski definition) is 3. The summed E-state index contributed by atoms with van der Waals surface area (Å²) >= 11 is 0. The molecule has 4 heteroatoms. The van der Waals surface area contributed by atoms with E-state index in [9.17, 15) is 0 Å². The quantitative estimate of drug-likeness (QED) is 0.140. The molecule has 0 spiro atoms. The standard InChI is InChI=1S/C44H29N2OP/c47-48(33-16-6-2-7-17-33,34-18-8-3-9-19-34)35-26-32(28-45-29-35)31-24-25-40-41(27-31)46-44(30-14-4-1-5-15-30)43-39-23-13-11-21-37(39)36-20-10-12-22-38(36)42(40)43/h1-29H. The van der Waals surface area contributed by atoms with Crippen LogP contribution in [0.3, 0.4) is 0 Å². The van der Waals surface area contributed by atoms with E-state index in [2.05, 4.69) is 96.0 Å². The molecule has 226 valence electrons. The summed E-state index contributed by atoms with van der Waals surface area (Å²) in [5.41, 5.74) is 4.81. The van der Waals surface area contributed by atoms with Crippen LogP contribution in [0.15, 0.2) is 176 Å². The van der Waals surface area contributed by atoms with Gasteiger partial charge in [-0.1, -0.05) is 152 Å². The van der Waals surface area contributed by atoms with Crippen LogP contribution < -0.4 is 15.9 Å². The van der Waals surface area contributed by atoms with Crippen molar-refractivity contribution in [1.29, 1.82) is 0 Å². The molecule has 9 rings (SSSR count). The molecule has 48 heavy (non-hydrogen) atoms. The number of rotatable bonds is 5. The minimum Gasteiger partial charge on any atom is -0.309 e. The van der Waals surface area contributed by atoms with Crippen LogP contribution in [0.1, 0.15) is 0 Å². The minimum absolute atomic E-state index is 0.700. The average Bonchev–Trinajstić information content (AvgIpc) is 3.18. The van der Waals surface area contributed by atoms with Crippen molar-refractivity contribution in [2.45, 2.75) is 0 Å². The highest BCUT2D eigenvalue weighted by molar-refractivity contribution is 7.85. The van der Waals surface area contributed by atoms with E-state index >= 15 is 4.57 Å². The molecule has 0 radical (unpaired) electrons. The fraction of sp³-hybridized carbons (Fsp3) is 0. The van der Waals surface area contributed by atoms with E-state index < -0.39 is 7.14 Å². The van der Waals surface area contributed by atoms with E-state index in [1.54, 1.807) is 6.20 Å². The highest BCUT2D eigenvalue weighted by Crippen LogP contribution is 2.45. The number of benzene rings is 7. The van der Waals surface area contributed by atoms with Gasteiger partial charge in [-0.3, -0.25) is 4.98 Å². The van der Waals surface area contributed by atoms with E-state index in [0.29, 0.717) is 5.30 Å². The average molecular weight is 633 g/mol. The zero-order valence-electron chi connectivity index (χ0n) is 26.0. The monoisotopic (exact) mass is 632 g/mol. The second-order valence-corrected chi connectivity index (χ2v) is 14.9. The van der Waals surface area contributed by atoms with Crippen LogP contribution in [0.25, 0.3) is 65.6 Å². The second kappa shape index (κ2) is 11.4. The smallest absolute Gasteiger partial charge is 0.172 e. The van der Waals surface area contributed by atoms with E-state index in [4.69, 9.17) is 4.98 Å². The Balaban J connectivity index is 1.31. The lowest BCUT2D eigenvalue weighted by atomic mass is 9.89. The molecular formula is C44H29N2OP. The Morgan fingerprint density at radius 3 is 1.56 bits per heavy atom. The summed E-state index contributed by atoms with van der Waals surface area (Å²) in [5.74, 6) is 0. The van der Waals surface area contributed by atoms with Crippen LogP contribution in [0.4, 0.5) is 0 Å². The van der Waals surface area contributed by atoms with E-state index in [0.717, 1.165) is 49.3 Å². The van der Waals surface area contributed by atoms with Crippen LogP contribution >= 0.6 is 7.14 Å². The molecule has 7 aromatic carbocycles. The van der Waals surface area contributed by atoms with Gasteiger partial charge in [0, 0.05) is 55.6 Å². The third-order valence-corrected chi connectivity index (χ3v) is 12.4. The molecule has 3 nitrogen and oxygen atoms in total. The summed E-state index contributed by atoms with van der Waals surface area (Å²) < 4.78 is 15.1. The maximum Gasteiger partial charge on any atom is 0.172 e. The van der Waals surface area contributed by atoms with Crippen molar-refractivity contribution >= 4 is 66.3 Å². The maximum atomic E-state index is 15.1. The number of pyridine rings is 2. The summed E-state index contributed by atoms with van der Waals surface area (Å²) in [6, 6.07) is 55.8. The van der Waals surface area contributed by atoms with Crippen molar-refractivity contribution in [2.24, 2.45) is 0 Å². The van der Waals surface area contributed by atoms with Gasteiger partial charge in [0.1, 0.15) is 0 Å². The van der Waals surface area contributed by atoms with Gasteiger partial charge >= 0.3 is 0 Å². The lowest BCUT2D eigenvalue weighted by Gasteiger charge is -2.20. The normalized spacial score (nSPS) is 11.8. The van der Waals surface area contributed by atoms with Crippen molar-refractivity contribution in [3.63, 3.8) is 0 Å². The maximum absolute atomic E-state index is 15.1. The third kappa shape index (κ3) is 4.47. The predicted octanol–water partition coefficient (Wildman–Crippen LogP) is 10.1. The molecule has 0 atom stereocenters.